The number of carbonyl (C=O) groups excluding carboxylic acids is 1. The number of hydrogen-bond donors (Lipinski definition) is 2. The summed E-state index contributed by atoms with van der Waals surface area (Å²) in [7, 11) is 1.48. The number of nitrogens with zero attached hydrogens (tertiary/aromatic N) is 2. The zero-order valence-corrected chi connectivity index (χ0v) is 14.3. The lowest BCUT2D eigenvalue weighted by atomic mass is 10.1. The molecule has 0 saturated heterocycles. The largest absolute Gasteiger partial charge is 0.380 e. The highest BCUT2D eigenvalue weighted by Gasteiger charge is 2.06. The molecule has 0 aliphatic carbocycles. The molecule has 1 heterocycles. The molecule has 2 N–H and O–H groups in total. The first-order valence-electron chi connectivity index (χ1n) is 8.11. The number of hydrogen-bond acceptors (Lipinski definition) is 5. The molecule has 1 aromatic heterocycles. The summed E-state index contributed by atoms with van der Waals surface area (Å²) < 4.78 is 4.82. The Kier molecular flexibility index (Phi) is 5.42. The van der Waals surface area contributed by atoms with Crippen molar-refractivity contribution in [3.05, 3.63) is 65.9 Å². The van der Waals surface area contributed by atoms with Gasteiger partial charge in [-0.1, -0.05) is 30.3 Å². The van der Waals surface area contributed by atoms with Gasteiger partial charge in [0.05, 0.1) is 5.52 Å². The third-order valence-corrected chi connectivity index (χ3v) is 3.80. The van der Waals surface area contributed by atoms with Gasteiger partial charge in [-0.25, -0.2) is 4.98 Å². The lowest BCUT2D eigenvalue weighted by Crippen LogP contribution is -2.17. The average Bonchev–Trinajstić information content (AvgIpc) is 2.66. The third-order valence-electron chi connectivity index (χ3n) is 3.80. The van der Waals surface area contributed by atoms with Crippen molar-refractivity contribution in [2.24, 2.45) is 0 Å². The molecule has 6 heteroatoms. The van der Waals surface area contributed by atoms with Crippen LogP contribution in [0.1, 0.15) is 11.3 Å². The average molecular weight is 346 g/mol. The number of fused-ring (bicyclic) bond motifs is 1. The van der Waals surface area contributed by atoms with E-state index in [9.17, 15) is 10.1 Å². The fourth-order valence-corrected chi connectivity index (χ4v) is 2.66. The fraction of sp³-hybridized carbons (Fsp3) is 0.150. The SMILES string of the molecule is COCC(=O)Nc1cccc(CNc2cc(C#N)nc3ccccc23)c1. The second kappa shape index (κ2) is 8.10. The quantitative estimate of drug-likeness (QED) is 0.715. The number of aromatic nitrogens is 1. The van der Waals surface area contributed by atoms with Crippen molar-refractivity contribution in [2.75, 3.05) is 24.4 Å². The van der Waals surface area contributed by atoms with Crippen LogP contribution in [0.2, 0.25) is 0 Å². The highest BCUT2D eigenvalue weighted by atomic mass is 16.5. The third kappa shape index (κ3) is 4.15. The first-order chi connectivity index (χ1) is 12.7. The Labute approximate surface area is 151 Å². The topological polar surface area (TPSA) is 87.0 Å². The van der Waals surface area contributed by atoms with Gasteiger partial charge in [0, 0.05) is 30.4 Å². The Morgan fingerprint density at radius 3 is 2.85 bits per heavy atom. The van der Waals surface area contributed by atoms with Crippen molar-refractivity contribution in [1.29, 1.82) is 5.26 Å². The zero-order valence-electron chi connectivity index (χ0n) is 14.3. The van der Waals surface area contributed by atoms with E-state index in [0.717, 1.165) is 22.2 Å². The summed E-state index contributed by atoms with van der Waals surface area (Å²) in [6, 6.07) is 19.1. The molecular formula is C20H18N4O2. The molecule has 0 unspecified atom stereocenters. The Bertz CT molecular complexity index is 979. The van der Waals surface area contributed by atoms with E-state index in [-0.39, 0.29) is 12.5 Å². The minimum absolute atomic E-state index is 0.0163. The molecule has 0 fully saturated rings. The number of ether oxygens (including phenoxy) is 1. The molecule has 0 aliphatic heterocycles. The Balaban J connectivity index is 1.78. The van der Waals surface area contributed by atoms with Gasteiger partial charge in [0.1, 0.15) is 18.4 Å². The molecule has 3 aromatic rings. The molecule has 0 bridgehead atoms. The molecule has 2 aromatic carbocycles. The number of pyridine rings is 1. The lowest BCUT2D eigenvalue weighted by Gasteiger charge is -2.11. The first-order valence-corrected chi connectivity index (χ1v) is 8.11. The van der Waals surface area contributed by atoms with Gasteiger partial charge >= 0.3 is 0 Å². The van der Waals surface area contributed by atoms with Crippen LogP contribution in [0.4, 0.5) is 11.4 Å². The molecule has 26 heavy (non-hydrogen) atoms. The van der Waals surface area contributed by atoms with E-state index < -0.39 is 0 Å². The molecule has 0 saturated carbocycles. The summed E-state index contributed by atoms with van der Waals surface area (Å²) in [4.78, 5) is 15.9. The number of benzene rings is 2. The van der Waals surface area contributed by atoms with Crippen LogP contribution in [0.25, 0.3) is 10.9 Å². The van der Waals surface area contributed by atoms with Crippen LogP contribution in [0, 0.1) is 11.3 Å². The second-order valence-electron chi connectivity index (χ2n) is 5.72. The highest BCUT2D eigenvalue weighted by molar-refractivity contribution is 5.92. The number of methoxy groups -OCH3 is 1. The standard InChI is InChI=1S/C20H18N4O2/c1-26-13-20(25)24-15-6-4-5-14(9-15)12-22-19-10-16(11-21)23-18-8-3-2-7-17(18)19/h2-10H,12-13H2,1H3,(H,22,23)(H,24,25). The van der Waals surface area contributed by atoms with Crippen LogP contribution in [-0.2, 0) is 16.1 Å². The number of rotatable bonds is 6. The van der Waals surface area contributed by atoms with Gasteiger partial charge in [-0.2, -0.15) is 5.26 Å². The van der Waals surface area contributed by atoms with E-state index in [4.69, 9.17) is 4.74 Å². The summed E-state index contributed by atoms with van der Waals surface area (Å²) >= 11 is 0. The molecule has 6 nitrogen and oxygen atoms in total. The van der Waals surface area contributed by atoms with Crippen molar-refractivity contribution in [1.82, 2.24) is 4.98 Å². The maximum atomic E-state index is 11.6. The minimum Gasteiger partial charge on any atom is -0.380 e. The minimum atomic E-state index is -0.198. The van der Waals surface area contributed by atoms with Crippen molar-refractivity contribution in [2.45, 2.75) is 6.54 Å². The first kappa shape index (κ1) is 17.4. The molecule has 0 aliphatic rings. The molecular weight excluding hydrogens is 328 g/mol. The van der Waals surface area contributed by atoms with Crippen molar-refractivity contribution in [3.63, 3.8) is 0 Å². The molecule has 1 amide bonds. The van der Waals surface area contributed by atoms with E-state index in [0.29, 0.717) is 17.9 Å². The Hall–Kier alpha value is -3.43. The van der Waals surface area contributed by atoms with Crippen molar-refractivity contribution in [3.8, 4) is 6.07 Å². The molecule has 0 radical (unpaired) electrons. The lowest BCUT2D eigenvalue weighted by molar-refractivity contribution is -0.119. The second-order valence-corrected chi connectivity index (χ2v) is 5.72. The smallest absolute Gasteiger partial charge is 0.250 e. The number of anilines is 2. The number of amides is 1. The fourth-order valence-electron chi connectivity index (χ4n) is 2.66. The van der Waals surface area contributed by atoms with Gasteiger partial charge in [-0.05, 0) is 29.8 Å². The van der Waals surface area contributed by atoms with Gasteiger partial charge in [-0.3, -0.25) is 4.79 Å². The van der Waals surface area contributed by atoms with Crippen LogP contribution in [0.5, 0.6) is 0 Å². The van der Waals surface area contributed by atoms with Crippen molar-refractivity contribution < 1.29 is 9.53 Å². The molecule has 3 rings (SSSR count). The van der Waals surface area contributed by atoms with Crippen molar-refractivity contribution >= 4 is 28.2 Å². The van der Waals surface area contributed by atoms with E-state index in [2.05, 4.69) is 21.7 Å². The van der Waals surface area contributed by atoms with Gasteiger partial charge < -0.3 is 15.4 Å². The van der Waals surface area contributed by atoms with Crippen LogP contribution >= 0.6 is 0 Å². The van der Waals surface area contributed by atoms with E-state index in [1.807, 2.05) is 48.5 Å². The van der Waals surface area contributed by atoms with Gasteiger partial charge in [0.15, 0.2) is 0 Å². The van der Waals surface area contributed by atoms with Crippen LogP contribution < -0.4 is 10.6 Å². The molecule has 0 spiro atoms. The summed E-state index contributed by atoms with van der Waals surface area (Å²) in [5.74, 6) is -0.198. The van der Waals surface area contributed by atoms with Gasteiger partial charge in [0.25, 0.3) is 0 Å². The van der Waals surface area contributed by atoms with E-state index >= 15 is 0 Å². The zero-order chi connectivity index (χ0) is 18.4. The van der Waals surface area contributed by atoms with E-state index in [1.165, 1.54) is 7.11 Å². The summed E-state index contributed by atoms with van der Waals surface area (Å²) in [5, 5.41) is 16.3. The Morgan fingerprint density at radius 2 is 2.04 bits per heavy atom. The monoisotopic (exact) mass is 346 g/mol. The van der Waals surface area contributed by atoms with E-state index in [1.54, 1.807) is 6.07 Å². The number of nitriles is 1. The number of carbonyl (C=O) groups is 1. The number of nitrogens with one attached hydrogen (secondary N) is 2. The maximum absolute atomic E-state index is 11.6. The number of para-hydroxylation sites is 1. The molecule has 0 atom stereocenters. The maximum Gasteiger partial charge on any atom is 0.250 e. The predicted octanol–water partition coefficient (Wildman–Crippen LogP) is 3.30. The highest BCUT2D eigenvalue weighted by Crippen LogP contribution is 2.24. The van der Waals surface area contributed by atoms with Crippen LogP contribution in [0.15, 0.2) is 54.6 Å². The van der Waals surface area contributed by atoms with Crippen LogP contribution in [-0.4, -0.2) is 24.6 Å². The summed E-state index contributed by atoms with van der Waals surface area (Å²) in [6.07, 6.45) is 0. The molecule has 130 valence electrons. The summed E-state index contributed by atoms with van der Waals surface area (Å²) in [5.41, 5.74) is 3.70. The van der Waals surface area contributed by atoms with Gasteiger partial charge in [0.2, 0.25) is 5.91 Å². The Morgan fingerprint density at radius 1 is 1.19 bits per heavy atom. The van der Waals surface area contributed by atoms with Gasteiger partial charge in [-0.15, -0.1) is 0 Å². The van der Waals surface area contributed by atoms with Crippen LogP contribution in [0.3, 0.4) is 0 Å². The predicted molar refractivity (Wildman–Crippen MR) is 101 cm³/mol. The summed E-state index contributed by atoms with van der Waals surface area (Å²) in [6.45, 7) is 0.565. The normalized spacial score (nSPS) is 10.3.